The summed E-state index contributed by atoms with van der Waals surface area (Å²) in [6.45, 7) is 0. The van der Waals surface area contributed by atoms with Gasteiger partial charge in [0.2, 0.25) is 0 Å². The van der Waals surface area contributed by atoms with Crippen molar-refractivity contribution in [2.24, 2.45) is 0 Å². The van der Waals surface area contributed by atoms with Crippen molar-refractivity contribution >= 4 is 32.7 Å². The number of rotatable bonds is 1. The van der Waals surface area contributed by atoms with Gasteiger partial charge in [-0.25, -0.2) is 4.98 Å². The lowest BCUT2D eigenvalue weighted by Gasteiger charge is -1.90. The van der Waals surface area contributed by atoms with Gasteiger partial charge >= 0.3 is 0 Å². The van der Waals surface area contributed by atoms with Crippen molar-refractivity contribution in [1.29, 1.82) is 0 Å². The van der Waals surface area contributed by atoms with Crippen molar-refractivity contribution in [3.63, 3.8) is 0 Å². The van der Waals surface area contributed by atoms with Gasteiger partial charge in [0.1, 0.15) is 5.52 Å². The third-order valence-electron chi connectivity index (χ3n) is 2.35. The van der Waals surface area contributed by atoms with Gasteiger partial charge in [-0.1, -0.05) is 6.07 Å². The van der Waals surface area contributed by atoms with E-state index in [1.54, 1.807) is 0 Å². The normalized spacial score (nSPS) is 11.1. The summed E-state index contributed by atoms with van der Waals surface area (Å²) in [5.74, 6) is 1.36. The summed E-state index contributed by atoms with van der Waals surface area (Å²) in [4.78, 5) is 7.56. The number of halogens is 1. The number of aromatic amines is 1. The molecule has 0 saturated heterocycles. The third kappa shape index (κ3) is 1.40. The van der Waals surface area contributed by atoms with Crippen LogP contribution in [0.5, 0.6) is 0 Å². The van der Waals surface area contributed by atoms with Crippen LogP contribution in [0.1, 0.15) is 0 Å². The SMILES string of the molecule is Nc1cccc2[nH]c(-c3ccc(Br)o3)nc12. The van der Waals surface area contributed by atoms with Crippen molar-refractivity contribution in [2.45, 2.75) is 0 Å². The molecule has 3 aromatic rings. The minimum atomic E-state index is 0.658. The monoisotopic (exact) mass is 277 g/mol. The molecular weight excluding hydrogens is 270 g/mol. The number of para-hydroxylation sites is 1. The molecular formula is C11H8BrN3O. The Balaban J connectivity index is 2.22. The molecule has 1 aromatic carbocycles. The highest BCUT2D eigenvalue weighted by Crippen LogP contribution is 2.26. The van der Waals surface area contributed by atoms with E-state index in [9.17, 15) is 0 Å². The van der Waals surface area contributed by atoms with Gasteiger partial charge in [0.05, 0.1) is 11.2 Å². The van der Waals surface area contributed by atoms with Gasteiger partial charge in [-0.15, -0.1) is 0 Å². The fourth-order valence-electron chi connectivity index (χ4n) is 1.61. The zero-order chi connectivity index (χ0) is 11.1. The van der Waals surface area contributed by atoms with Crippen molar-refractivity contribution in [3.05, 3.63) is 35.0 Å². The second-order valence-electron chi connectivity index (χ2n) is 3.43. The molecule has 0 amide bonds. The van der Waals surface area contributed by atoms with Crippen LogP contribution in [0.2, 0.25) is 0 Å². The smallest absolute Gasteiger partial charge is 0.174 e. The van der Waals surface area contributed by atoms with Gasteiger partial charge in [0.15, 0.2) is 16.3 Å². The number of imidazole rings is 1. The summed E-state index contributed by atoms with van der Waals surface area (Å²) in [5, 5.41) is 0. The molecule has 3 N–H and O–H groups in total. The van der Waals surface area contributed by atoms with Crippen LogP contribution in [0.3, 0.4) is 0 Å². The summed E-state index contributed by atoms with van der Waals surface area (Å²) < 4.78 is 6.10. The summed E-state index contributed by atoms with van der Waals surface area (Å²) in [6.07, 6.45) is 0. The van der Waals surface area contributed by atoms with Crippen LogP contribution >= 0.6 is 15.9 Å². The Morgan fingerprint density at radius 3 is 2.81 bits per heavy atom. The number of hydrogen-bond acceptors (Lipinski definition) is 3. The molecule has 16 heavy (non-hydrogen) atoms. The maximum absolute atomic E-state index is 5.83. The molecule has 5 heteroatoms. The van der Waals surface area contributed by atoms with Crippen molar-refractivity contribution in [3.8, 4) is 11.6 Å². The molecule has 3 rings (SSSR count). The van der Waals surface area contributed by atoms with Crippen LogP contribution in [0.25, 0.3) is 22.6 Å². The largest absolute Gasteiger partial charge is 0.446 e. The van der Waals surface area contributed by atoms with Gasteiger partial charge in [0.25, 0.3) is 0 Å². The molecule has 80 valence electrons. The van der Waals surface area contributed by atoms with E-state index in [1.165, 1.54) is 0 Å². The van der Waals surface area contributed by atoms with E-state index in [0.29, 0.717) is 21.9 Å². The van der Waals surface area contributed by atoms with Crippen molar-refractivity contribution in [1.82, 2.24) is 9.97 Å². The number of nitrogens with two attached hydrogens (primary N) is 1. The molecule has 0 aliphatic carbocycles. The lowest BCUT2D eigenvalue weighted by Crippen LogP contribution is -1.84. The minimum Gasteiger partial charge on any atom is -0.446 e. The highest BCUT2D eigenvalue weighted by atomic mass is 79.9. The molecule has 0 fully saturated rings. The third-order valence-corrected chi connectivity index (χ3v) is 2.78. The first kappa shape index (κ1) is 9.47. The number of hydrogen-bond donors (Lipinski definition) is 2. The Morgan fingerprint density at radius 1 is 1.25 bits per heavy atom. The number of anilines is 1. The lowest BCUT2D eigenvalue weighted by atomic mass is 10.3. The Morgan fingerprint density at radius 2 is 2.12 bits per heavy atom. The zero-order valence-corrected chi connectivity index (χ0v) is 9.78. The second kappa shape index (κ2) is 3.38. The van der Waals surface area contributed by atoms with Crippen molar-refractivity contribution in [2.75, 3.05) is 5.73 Å². The number of aromatic nitrogens is 2. The first-order chi connectivity index (χ1) is 7.74. The highest BCUT2D eigenvalue weighted by Gasteiger charge is 2.10. The van der Waals surface area contributed by atoms with Crippen molar-refractivity contribution < 1.29 is 4.42 Å². The maximum Gasteiger partial charge on any atom is 0.174 e. The molecule has 2 aromatic heterocycles. The Hall–Kier alpha value is -1.75. The predicted octanol–water partition coefficient (Wildman–Crippen LogP) is 3.17. The topological polar surface area (TPSA) is 67.8 Å². The molecule has 0 bridgehead atoms. The Kier molecular flexibility index (Phi) is 2.00. The molecule has 0 radical (unpaired) electrons. The van der Waals surface area contributed by atoms with E-state index in [-0.39, 0.29) is 0 Å². The number of furan rings is 1. The summed E-state index contributed by atoms with van der Waals surface area (Å²) in [7, 11) is 0. The first-order valence-corrected chi connectivity index (χ1v) is 5.53. The van der Waals surface area contributed by atoms with E-state index in [1.807, 2.05) is 30.3 Å². The minimum absolute atomic E-state index is 0.658. The number of benzene rings is 1. The van der Waals surface area contributed by atoms with Crippen LogP contribution in [0.15, 0.2) is 39.4 Å². The van der Waals surface area contributed by atoms with Crippen LogP contribution < -0.4 is 5.73 Å². The highest BCUT2D eigenvalue weighted by molar-refractivity contribution is 9.10. The van der Waals surface area contributed by atoms with E-state index in [4.69, 9.17) is 10.2 Å². The van der Waals surface area contributed by atoms with Gasteiger partial charge in [0, 0.05) is 0 Å². The van der Waals surface area contributed by atoms with Gasteiger partial charge < -0.3 is 15.1 Å². The molecule has 0 saturated carbocycles. The summed E-state index contributed by atoms with van der Waals surface area (Å²) in [6, 6.07) is 9.31. The molecule has 0 unspecified atom stereocenters. The van der Waals surface area contributed by atoms with E-state index < -0.39 is 0 Å². The van der Waals surface area contributed by atoms with E-state index in [2.05, 4.69) is 25.9 Å². The molecule has 0 spiro atoms. The second-order valence-corrected chi connectivity index (χ2v) is 4.21. The first-order valence-electron chi connectivity index (χ1n) is 4.74. The molecule has 0 aliphatic heterocycles. The average molecular weight is 278 g/mol. The quantitative estimate of drug-likeness (QED) is 0.672. The molecule has 4 nitrogen and oxygen atoms in total. The molecule has 2 heterocycles. The average Bonchev–Trinajstić information content (AvgIpc) is 2.84. The predicted molar refractivity (Wildman–Crippen MR) is 65.9 cm³/mol. The number of fused-ring (bicyclic) bond motifs is 1. The fourth-order valence-corrected chi connectivity index (χ4v) is 1.92. The van der Waals surface area contributed by atoms with Crippen LogP contribution in [0.4, 0.5) is 5.69 Å². The number of H-pyrrole nitrogens is 1. The summed E-state index contributed by atoms with van der Waals surface area (Å²) >= 11 is 3.25. The van der Waals surface area contributed by atoms with E-state index >= 15 is 0 Å². The number of nitrogens with one attached hydrogen (secondary N) is 1. The van der Waals surface area contributed by atoms with Crippen LogP contribution in [-0.2, 0) is 0 Å². The van der Waals surface area contributed by atoms with Crippen LogP contribution in [-0.4, -0.2) is 9.97 Å². The standard InChI is InChI=1S/C11H8BrN3O/c12-9-5-4-8(16-9)11-14-7-3-1-2-6(13)10(7)15-11/h1-5H,13H2,(H,14,15). The van der Waals surface area contributed by atoms with Crippen LogP contribution in [0, 0.1) is 0 Å². The zero-order valence-electron chi connectivity index (χ0n) is 8.20. The van der Waals surface area contributed by atoms with Gasteiger partial charge in [-0.05, 0) is 40.2 Å². The lowest BCUT2D eigenvalue weighted by molar-refractivity contribution is 0.552. The molecule has 0 aliphatic rings. The van der Waals surface area contributed by atoms with E-state index in [0.717, 1.165) is 11.0 Å². The Bertz CT molecular complexity index is 656. The van der Waals surface area contributed by atoms with Gasteiger partial charge in [-0.3, -0.25) is 0 Å². The number of nitrogen functional groups attached to an aromatic ring is 1. The number of nitrogens with zero attached hydrogens (tertiary/aromatic N) is 1. The summed E-state index contributed by atoms with van der Waals surface area (Å²) in [5.41, 5.74) is 8.16. The molecule has 0 atom stereocenters. The fraction of sp³-hybridized carbons (Fsp3) is 0. The maximum atomic E-state index is 5.83. The van der Waals surface area contributed by atoms with Gasteiger partial charge in [-0.2, -0.15) is 0 Å². The Labute approximate surface area is 99.6 Å².